The monoisotopic (exact) mass is 288 g/mol. The third-order valence-electron chi connectivity index (χ3n) is 3.53. The lowest BCUT2D eigenvalue weighted by molar-refractivity contribution is -0.140. The third-order valence-corrected chi connectivity index (χ3v) is 4.93. The summed E-state index contributed by atoms with van der Waals surface area (Å²) < 4.78 is 0. The van der Waals surface area contributed by atoms with Crippen molar-refractivity contribution in [1.29, 1.82) is 0 Å². The molecule has 1 fully saturated rings. The second-order valence-electron chi connectivity index (χ2n) is 5.04. The van der Waals surface area contributed by atoms with E-state index in [2.05, 4.69) is 10.6 Å². The fourth-order valence-corrected chi connectivity index (χ4v) is 3.29. The standard InChI is InChI=1S/C13H24N2O3S/c1-3-9(2)11(12(16)17)15-13(18)14-8-10-6-4-5-7-19-10/h9-11H,3-8H2,1-2H3,(H,16,17)(H2,14,15,18)/t9-,10?,11-/m0/s1. The molecule has 1 rings (SSSR count). The van der Waals surface area contributed by atoms with Crippen LogP contribution in [-0.2, 0) is 4.79 Å². The Morgan fingerprint density at radius 2 is 2.16 bits per heavy atom. The van der Waals surface area contributed by atoms with E-state index in [-0.39, 0.29) is 11.9 Å². The highest BCUT2D eigenvalue weighted by atomic mass is 32.2. The maximum absolute atomic E-state index is 11.7. The number of nitrogens with one attached hydrogen (secondary N) is 2. The zero-order valence-corrected chi connectivity index (χ0v) is 12.5. The van der Waals surface area contributed by atoms with Crippen LogP contribution in [0.15, 0.2) is 0 Å². The number of carboxylic acid groups (broad SMARTS) is 1. The van der Waals surface area contributed by atoms with Gasteiger partial charge in [-0.2, -0.15) is 11.8 Å². The maximum Gasteiger partial charge on any atom is 0.326 e. The van der Waals surface area contributed by atoms with E-state index in [4.69, 9.17) is 5.11 Å². The van der Waals surface area contributed by atoms with Crippen molar-refractivity contribution in [2.75, 3.05) is 12.3 Å². The van der Waals surface area contributed by atoms with E-state index in [0.29, 0.717) is 11.8 Å². The molecule has 0 aliphatic carbocycles. The van der Waals surface area contributed by atoms with Crippen LogP contribution in [-0.4, -0.2) is 40.7 Å². The van der Waals surface area contributed by atoms with Gasteiger partial charge in [-0.1, -0.05) is 26.7 Å². The Balaban J connectivity index is 2.33. The van der Waals surface area contributed by atoms with Gasteiger partial charge in [-0.05, 0) is 24.5 Å². The van der Waals surface area contributed by atoms with Crippen LogP contribution in [0.1, 0.15) is 39.5 Å². The van der Waals surface area contributed by atoms with Gasteiger partial charge < -0.3 is 15.7 Å². The molecule has 0 aromatic rings. The van der Waals surface area contributed by atoms with Crippen LogP contribution >= 0.6 is 11.8 Å². The molecule has 0 bridgehead atoms. The number of aliphatic carboxylic acids is 1. The molecule has 1 aliphatic heterocycles. The molecule has 1 saturated heterocycles. The molecular weight excluding hydrogens is 264 g/mol. The topological polar surface area (TPSA) is 78.4 Å². The van der Waals surface area contributed by atoms with Crippen molar-refractivity contribution in [3.63, 3.8) is 0 Å². The van der Waals surface area contributed by atoms with Crippen molar-refractivity contribution in [3.8, 4) is 0 Å². The van der Waals surface area contributed by atoms with Gasteiger partial charge in [-0.3, -0.25) is 0 Å². The number of hydrogen-bond donors (Lipinski definition) is 3. The highest BCUT2D eigenvalue weighted by molar-refractivity contribution is 7.99. The van der Waals surface area contributed by atoms with Crippen LogP contribution in [0.4, 0.5) is 4.79 Å². The number of carbonyl (C=O) groups is 2. The second kappa shape index (κ2) is 8.30. The summed E-state index contributed by atoms with van der Waals surface area (Å²) >= 11 is 1.88. The van der Waals surface area contributed by atoms with E-state index in [1.165, 1.54) is 12.8 Å². The van der Waals surface area contributed by atoms with E-state index < -0.39 is 12.0 Å². The van der Waals surface area contributed by atoms with Crippen molar-refractivity contribution in [2.24, 2.45) is 5.92 Å². The summed E-state index contributed by atoms with van der Waals surface area (Å²) in [5.41, 5.74) is 0. The lowest BCUT2D eigenvalue weighted by Gasteiger charge is -2.23. The maximum atomic E-state index is 11.7. The molecule has 110 valence electrons. The summed E-state index contributed by atoms with van der Waals surface area (Å²) in [4.78, 5) is 22.8. The van der Waals surface area contributed by atoms with Gasteiger partial charge in [0, 0.05) is 11.8 Å². The minimum atomic E-state index is -0.975. The minimum absolute atomic E-state index is 0.0766. The molecule has 2 amide bonds. The quantitative estimate of drug-likeness (QED) is 0.699. The van der Waals surface area contributed by atoms with Crippen LogP contribution < -0.4 is 10.6 Å². The lowest BCUT2D eigenvalue weighted by atomic mass is 9.99. The first-order chi connectivity index (χ1) is 9.04. The molecule has 3 N–H and O–H groups in total. The molecule has 6 heteroatoms. The molecule has 3 atom stereocenters. The second-order valence-corrected chi connectivity index (χ2v) is 6.45. The van der Waals surface area contributed by atoms with Crippen LogP contribution in [0.5, 0.6) is 0 Å². The van der Waals surface area contributed by atoms with Crippen molar-refractivity contribution >= 4 is 23.8 Å². The molecule has 1 heterocycles. The summed E-state index contributed by atoms with van der Waals surface area (Å²) in [5, 5.41) is 14.9. The van der Waals surface area contributed by atoms with Gasteiger partial charge in [0.05, 0.1) is 0 Å². The molecular formula is C13H24N2O3S. The van der Waals surface area contributed by atoms with E-state index >= 15 is 0 Å². The molecule has 0 spiro atoms. The first-order valence-corrected chi connectivity index (χ1v) is 7.98. The molecule has 0 radical (unpaired) electrons. The van der Waals surface area contributed by atoms with Gasteiger partial charge >= 0.3 is 12.0 Å². The largest absolute Gasteiger partial charge is 0.480 e. The van der Waals surface area contributed by atoms with Gasteiger partial charge in [-0.15, -0.1) is 0 Å². The normalized spacial score (nSPS) is 22.3. The Bertz CT molecular complexity index is 306. The summed E-state index contributed by atoms with van der Waals surface area (Å²) in [7, 11) is 0. The number of carbonyl (C=O) groups excluding carboxylic acids is 1. The van der Waals surface area contributed by atoms with Crippen LogP contribution in [0.25, 0.3) is 0 Å². The van der Waals surface area contributed by atoms with Crippen molar-refractivity contribution in [1.82, 2.24) is 10.6 Å². The Kier molecular flexibility index (Phi) is 7.05. The molecule has 1 unspecified atom stereocenters. The smallest absolute Gasteiger partial charge is 0.326 e. The SMILES string of the molecule is CC[C@H](C)[C@H](NC(=O)NCC1CCCCS1)C(=O)O. The van der Waals surface area contributed by atoms with Gasteiger partial charge in [-0.25, -0.2) is 9.59 Å². The number of carboxylic acids is 1. The fourth-order valence-electron chi connectivity index (χ4n) is 2.05. The van der Waals surface area contributed by atoms with E-state index in [9.17, 15) is 9.59 Å². The van der Waals surface area contributed by atoms with Crippen molar-refractivity contribution in [2.45, 2.75) is 50.8 Å². The van der Waals surface area contributed by atoms with Crippen LogP contribution in [0.2, 0.25) is 0 Å². The zero-order chi connectivity index (χ0) is 14.3. The van der Waals surface area contributed by atoms with Crippen LogP contribution in [0.3, 0.4) is 0 Å². The molecule has 1 aliphatic rings. The van der Waals surface area contributed by atoms with Gasteiger partial charge in [0.2, 0.25) is 0 Å². The number of hydrogen-bond acceptors (Lipinski definition) is 3. The predicted octanol–water partition coefficient (Wildman–Crippen LogP) is 2.07. The molecule has 0 aromatic carbocycles. The molecule has 19 heavy (non-hydrogen) atoms. The Labute approximate surface area is 118 Å². The highest BCUT2D eigenvalue weighted by Gasteiger charge is 2.25. The van der Waals surface area contributed by atoms with E-state index in [1.807, 2.05) is 25.6 Å². The number of thioether (sulfide) groups is 1. The first-order valence-electron chi connectivity index (χ1n) is 6.93. The minimum Gasteiger partial charge on any atom is -0.480 e. The van der Waals surface area contributed by atoms with Crippen molar-refractivity contribution in [3.05, 3.63) is 0 Å². The third kappa shape index (κ3) is 5.72. The van der Waals surface area contributed by atoms with Gasteiger partial charge in [0.1, 0.15) is 6.04 Å². The average molecular weight is 288 g/mol. The number of amides is 2. The van der Waals surface area contributed by atoms with Crippen LogP contribution in [0, 0.1) is 5.92 Å². The summed E-state index contributed by atoms with van der Waals surface area (Å²) in [6.45, 7) is 4.36. The van der Waals surface area contributed by atoms with E-state index in [0.717, 1.165) is 18.6 Å². The van der Waals surface area contributed by atoms with Gasteiger partial charge in [0.15, 0.2) is 0 Å². The Hall–Kier alpha value is -0.910. The zero-order valence-electron chi connectivity index (χ0n) is 11.6. The number of urea groups is 1. The van der Waals surface area contributed by atoms with Crippen molar-refractivity contribution < 1.29 is 14.7 Å². The van der Waals surface area contributed by atoms with Gasteiger partial charge in [0.25, 0.3) is 0 Å². The summed E-state index contributed by atoms with van der Waals surface area (Å²) in [5.74, 6) is 0.0994. The molecule has 5 nitrogen and oxygen atoms in total. The lowest BCUT2D eigenvalue weighted by Crippen LogP contribution is -2.50. The first kappa shape index (κ1) is 16.1. The highest BCUT2D eigenvalue weighted by Crippen LogP contribution is 2.24. The number of rotatable bonds is 6. The summed E-state index contributed by atoms with van der Waals surface area (Å²) in [6, 6.07) is -1.19. The fraction of sp³-hybridized carbons (Fsp3) is 0.846. The molecule has 0 saturated carbocycles. The Morgan fingerprint density at radius 3 is 2.68 bits per heavy atom. The Morgan fingerprint density at radius 1 is 1.42 bits per heavy atom. The van der Waals surface area contributed by atoms with E-state index in [1.54, 1.807) is 0 Å². The summed E-state index contributed by atoms with van der Waals surface area (Å²) in [6.07, 6.45) is 4.31. The predicted molar refractivity (Wildman–Crippen MR) is 77.5 cm³/mol. The molecule has 0 aromatic heterocycles. The average Bonchev–Trinajstić information content (AvgIpc) is 2.42.